The van der Waals surface area contributed by atoms with Crippen molar-refractivity contribution in [1.82, 2.24) is 5.32 Å². The van der Waals surface area contributed by atoms with Gasteiger partial charge in [0.15, 0.2) is 18.1 Å². The van der Waals surface area contributed by atoms with Gasteiger partial charge in [-0.15, -0.1) is 0 Å². The highest BCUT2D eigenvalue weighted by atomic mass is 16.5. The summed E-state index contributed by atoms with van der Waals surface area (Å²) in [7, 11) is 2.96. The fourth-order valence-corrected chi connectivity index (χ4v) is 3.22. The second kappa shape index (κ2) is 12.7. The SMILES string of the molecule is CCNC(=O)Nc1cccc(NC(=O)c2ccc(OCC(=O)Nc3ccccc3OC)c(OC)c2)c1. The van der Waals surface area contributed by atoms with Gasteiger partial charge in [0.1, 0.15) is 5.75 Å². The van der Waals surface area contributed by atoms with Crippen LogP contribution < -0.4 is 35.5 Å². The van der Waals surface area contributed by atoms with Crippen LogP contribution in [-0.4, -0.2) is 45.2 Å². The number of amides is 4. The molecular formula is C26H28N4O6. The lowest BCUT2D eigenvalue weighted by Crippen LogP contribution is -2.28. The summed E-state index contributed by atoms with van der Waals surface area (Å²) in [5.74, 6) is 0.356. The molecule has 0 bridgehead atoms. The number of hydrogen-bond acceptors (Lipinski definition) is 6. The molecular weight excluding hydrogens is 464 g/mol. The number of carbonyl (C=O) groups excluding carboxylic acids is 3. The molecule has 0 aliphatic heterocycles. The van der Waals surface area contributed by atoms with E-state index in [0.717, 1.165) is 0 Å². The Hall–Kier alpha value is -4.73. The van der Waals surface area contributed by atoms with Crippen molar-refractivity contribution in [1.29, 1.82) is 0 Å². The van der Waals surface area contributed by atoms with E-state index in [1.165, 1.54) is 20.3 Å². The molecule has 4 N–H and O–H groups in total. The summed E-state index contributed by atoms with van der Waals surface area (Å²) in [4.78, 5) is 36.8. The summed E-state index contributed by atoms with van der Waals surface area (Å²) in [5.41, 5.74) is 1.88. The summed E-state index contributed by atoms with van der Waals surface area (Å²) in [6.45, 7) is 2.04. The van der Waals surface area contributed by atoms with Crippen molar-refractivity contribution in [2.24, 2.45) is 0 Å². The van der Waals surface area contributed by atoms with Gasteiger partial charge in [-0.25, -0.2) is 4.79 Å². The molecule has 0 aromatic heterocycles. The number of rotatable bonds is 10. The van der Waals surface area contributed by atoms with Crippen molar-refractivity contribution >= 4 is 34.9 Å². The van der Waals surface area contributed by atoms with Crippen LogP contribution in [0.5, 0.6) is 17.2 Å². The number of para-hydroxylation sites is 2. The van der Waals surface area contributed by atoms with Crippen molar-refractivity contribution in [2.45, 2.75) is 6.92 Å². The molecule has 3 aromatic rings. The fourth-order valence-electron chi connectivity index (χ4n) is 3.22. The summed E-state index contributed by atoms with van der Waals surface area (Å²) in [5, 5.41) is 10.8. The maximum Gasteiger partial charge on any atom is 0.319 e. The van der Waals surface area contributed by atoms with Gasteiger partial charge >= 0.3 is 6.03 Å². The minimum atomic E-state index is -0.385. The van der Waals surface area contributed by atoms with Crippen LogP contribution >= 0.6 is 0 Å². The van der Waals surface area contributed by atoms with E-state index < -0.39 is 0 Å². The normalized spacial score (nSPS) is 10.1. The van der Waals surface area contributed by atoms with E-state index in [4.69, 9.17) is 14.2 Å². The quantitative estimate of drug-likeness (QED) is 0.337. The van der Waals surface area contributed by atoms with E-state index in [2.05, 4.69) is 21.3 Å². The predicted molar refractivity (Wildman–Crippen MR) is 137 cm³/mol. The van der Waals surface area contributed by atoms with Crippen LogP contribution in [0, 0.1) is 0 Å². The summed E-state index contributed by atoms with van der Waals surface area (Å²) < 4.78 is 16.2. The molecule has 0 fully saturated rings. The number of methoxy groups -OCH3 is 2. The van der Waals surface area contributed by atoms with Gasteiger partial charge < -0.3 is 35.5 Å². The zero-order valence-corrected chi connectivity index (χ0v) is 20.2. The Kier molecular flexibility index (Phi) is 9.10. The molecule has 0 radical (unpaired) electrons. The zero-order valence-electron chi connectivity index (χ0n) is 20.2. The second-order valence-corrected chi connectivity index (χ2v) is 7.42. The number of anilines is 3. The van der Waals surface area contributed by atoms with E-state index in [0.29, 0.717) is 46.4 Å². The van der Waals surface area contributed by atoms with Gasteiger partial charge in [-0.1, -0.05) is 18.2 Å². The van der Waals surface area contributed by atoms with E-state index in [1.54, 1.807) is 60.7 Å². The van der Waals surface area contributed by atoms with Crippen molar-refractivity contribution in [3.8, 4) is 17.2 Å². The predicted octanol–water partition coefficient (Wildman–Crippen LogP) is 4.12. The number of benzene rings is 3. The van der Waals surface area contributed by atoms with Gasteiger partial charge in [0, 0.05) is 23.5 Å². The monoisotopic (exact) mass is 492 g/mol. The summed E-state index contributed by atoms with van der Waals surface area (Å²) in [6, 6.07) is 18.1. The maximum absolute atomic E-state index is 12.8. The van der Waals surface area contributed by atoms with Crippen LogP contribution in [-0.2, 0) is 4.79 Å². The molecule has 3 aromatic carbocycles. The van der Waals surface area contributed by atoms with Crippen molar-refractivity contribution < 1.29 is 28.6 Å². The molecule has 0 spiro atoms. The number of ether oxygens (including phenoxy) is 3. The van der Waals surface area contributed by atoms with Gasteiger partial charge in [-0.05, 0) is 55.5 Å². The summed E-state index contributed by atoms with van der Waals surface area (Å²) >= 11 is 0. The fraction of sp³-hybridized carbons (Fsp3) is 0.192. The summed E-state index contributed by atoms with van der Waals surface area (Å²) in [6.07, 6.45) is 0. The van der Waals surface area contributed by atoms with Crippen molar-refractivity contribution in [3.63, 3.8) is 0 Å². The average molecular weight is 493 g/mol. The Labute approximate surface area is 208 Å². The molecule has 0 aliphatic carbocycles. The lowest BCUT2D eigenvalue weighted by molar-refractivity contribution is -0.118. The minimum absolute atomic E-state index is 0.272. The number of carbonyl (C=O) groups is 3. The molecule has 4 amide bonds. The minimum Gasteiger partial charge on any atom is -0.495 e. The number of urea groups is 1. The Morgan fingerprint density at radius 2 is 1.47 bits per heavy atom. The first-order valence-electron chi connectivity index (χ1n) is 11.1. The molecule has 36 heavy (non-hydrogen) atoms. The Morgan fingerprint density at radius 1 is 0.750 bits per heavy atom. The number of nitrogens with one attached hydrogen (secondary N) is 4. The molecule has 0 atom stereocenters. The molecule has 0 saturated heterocycles. The van der Waals surface area contributed by atoms with Gasteiger partial charge in [0.25, 0.3) is 11.8 Å². The third-order valence-electron chi connectivity index (χ3n) is 4.88. The lowest BCUT2D eigenvalue weighted by Gasteiger charge is -2.13. The first-order valence-corrected chi connectivity index (χ1v) is 11.1. The highest BCUT2D eigenvalue weighted by molar-refractivity contribution is 6.05. The van der Waals surface area contributed by atoms with Gasteiger partial charge in [-0.2, -0.15) is 0 Å². The van der Waals surface area contributed by atoms with E-state index in [1.807, 2.05) is 6.92 Å². The Bertz CT molecular complexity index is 1230. The lowest BCUT2D eigenvalue weighted by atomic mass is 10.1. The molecule has 10 heteroatoms. The maximum atomic E-state index is 12.8. The van der Waals surface area contributed by atoms with Gasteiger partial charge in [-0.3, -0.25) is 9.59 Å². The molecule has 0 aliphatic rings. The third-order valence-corrected chi connectivity index (χ3v) is 4.88. The second-order valence-electron chi connectivity index (χ2n) is 7.42. The van der Waals surface area contributed by atoms with Gasteiger partial charge in [0.2, 0.25) is 0 Å². The molecule has 0 saturated carbocycles. The molecule has 10 nitrogen and oxygen atoms in total. The largest absolute Gasteiger partial charge is 0.495 e. The molecule has 3 rings (SSSR count). The molecule has 0 unspecified atom stereocenters. The Morgan fingerprint density at radius 3 is 2.19 bits per heavy atom. The van der Waals surface area contributed by atoms with Crippen molar-refractivity contribution in [2.75, 3.05) is 43.3 Å². The zero-order chi connectivity index (χ0) is 25.9. The Balaban J connectivity index is 1.62. The average Bonchev–Trinajstić information content (AvgIpc) is 2.88. The first-order chi connectivity index (χ1) is 17.4. The van der Waals surface area contributed by atoms with Crippen molar-refractivity contribution in [3.05, 3.63) is 72.3 Å². The van der Waals surface area contributed by atoms with Crippen LogP contribution in [0.4, 0.5) is 21.9 Å². The highest BCUT2D eigenvalue weighted by Gasteiger charge is 2.14. The molecule has 188 valence electrons. The topological polar surface area (TPSA) is 127 Å². The van der Waals surface area contributed by atoms with Crippen LogP contribution in [0.1, 0.15) is 17.3 Å². The van der Waals surface area contributed by atoms with E-state index in [-0.39, 0.29) is 24.5 Å². The third kappa shape index (κ3) is 7.13. The van der Waals surface area contributed by atoms with Gasteiger partial charge in [0.05, 0.1) is 19.9 Å². The van der Waals surface area contributed by atoms with E-state index in [9.17, 15) is 14.4 Å². The first kappa shape index (κ1) is 25.9. The van der Waals surface area contributed by atoms with Crippen LogP contribution in [0.15, 0.2) is 66.7 Å². The van der Waals surface area contributed by atoms with Crippen LogP contribution in [0.25, 0.3) is 0 Å². The number of hydrogen-bond donors (Lipinski definition) is 4. The van der Waals surface area contributed by atoms with E-state index >= 15 is 0 Å². The standard InChI is InChI=1S/C26H28N4O6/c1-4-27-26(33)29-19-9-7-8-18(15-19)28-25(32)17-12-13-22(23(14-17)35-3)36-16-24(31)30-20-10-5-6-11-21(20)34-2/h5-15H,4,16H2,1-3H3,(H,28,32)(H,30,31)(H2,27,29,33). The highest BCUT2D eigenvalue weighted by Crippen LogP contribution is 2.29. The smallest absolute Gasteiger partial charge is 0.319 e. The van der Waals surface area contributed by atoms with Crippen LogP contribution in [0.3, 0.4) is 0 Å². The molecule has 0 heterocycles. The van der Waals surface area contributed by atoms with Crippen LogP contribution in [0.2, 0.25) is 0 Å².